The Hall–Kier alpha value is -0.920. The molecule has 0 bridgehead atoms. The second kappa shape index (κ2) is 6.86. The van der Waals surface area contributed by atoms with E-state index in [4.69, 9.17) is 0 Å². The van der Waals surface area contributed by atoms with E-state index in [2.05, 4.69) is 24.1 Å². The van der Waals surface area contributed by atoms with Crippen molar-refractivity contribution in [2.24, 2.45) is 5.92 Å². The van der Waals surface area contributed by atoms with E-state index in [9.17, 15) is 9.59 Å². The number of carbonyl (C=O) groups excluding carboxylic acids is 1. The van der Waals surface area contributed by atoms with Crippen LogP contribution >= 0.6 is 22.6 Å². The molecule has 1 aromatic heterocycles. The van der Waals surface area contributed by atoms with E-state index in [1.807, 2.05) is 22.6 Å². The molecule has 1 aromatic rings. The zero-order valence-electron chi connectivity index (χ0n) is 10.9. The van der Waals surface area contributed by atoms with Gasteiger partial charge in [0.1, 0.15) is 6.54 Å². The van der Waals surface area contributed by atoms with Crippen LogP contribution in [0.4, 0.5) is 0 Å². The van der Waals surface area contributed by atoms with Crippen molar-refractivity contribution in [1.29, 1.82) is 0 Å². The summed E-state index contributed by atoms with van der Waals surface area (Å²) >= 11 is 1.95. The Bertz CT molecular complexity index is 483. The molecule has 0 aromatic carbocycles. The van der Waals surface area contributed by atoms with Crippen molar-refractivity contribution in [3.05, 3.63) is 25.9 Å². The number of aryl methyl sites for hydroxylation is 1. The normalized spacial score (nSPS) is 10.7. The number of hydrogen-bond acceptors (Lipinski definition) is 3. The van der Waals surface area contributed by atoms with Gasteiger partial charge in [0.05, 0.1) is 15.6 Å². The predicted octanol–water partition coefficient (Wildman–Crippen LogP) is 1.32. The second-order valence-electron chi connectivity index (χ2n) is 4.61. The molecule has 0 atom stereocenters. The summed E-state index contributed by atoms with van der Waals surface area (Å²) in [5.41, 5.74) is 0.527. The van der Waals surface area contributed by atoms with Crippen molar-refractivity contribution < 1.29 is 4.79 Å². The smallest absolute Gasteiger partial charge is 0.267 e. The van der Waals surface area contributed by atoms with Crippen molar-refractivity contribution in [2.45, 2.75) is 33.7 Å². The number of halogens is 1. The number of hydrogen-bond donors (Lipinski definition) is 1. The zero-order chi connectivity index (χ0) is 13.7. The Balaban J connectivity index is 2.60. The average Bonchev–Trinajstić information content (AvgIpc) is 2.29. The number of carbonyl (C=O) groups is 1. The van der Waals surface area contributed by atoms with Gasteiger partial charge in [0.15, 0.2) is 0 Å². The highest BCUT2D eigenvalue weighted by atomic mass is 127. The van der Waals surface area contributed by atoms with Crippen LogP contribution < -0.4 is 10.9 Å². The van der Waals surface area contributed by atoms with Crippen LogP contribution in [0.5, 0.6) is 0 Å². The lowest BCUT2D eigenvalue weighted by Crippen LogP contribution is -2.34. The summed E-state index contributed by atoms with van der Waals surface area (Å²) in [6.45, 7) is 6.64. The van der Waals surface area contributed by atoms with Crippen molar-refractivity contribution >= 4 is 28.5 Å². The quantitative estimate of drug-likeness (QED) is 0.803. The SMILES string of the molecule is Cc1ncn(CC(=O)NCCC(C)C)c(=O)c1I. The van der Waals surface area contributed by atoms with E-state index in [-0.39, 0.29) is 18.0 Å². The summed E-state index contributed by atoms with van der Waals surface area (Å²) in [5, 5.41) is 2.79. The minimum absolute atomic E-state index is 0.0280. The van der Waals surface area contributed by atoms with Crippen molar-refractivity contribution in [3.63, 3.8) is 0 Å². The predicted molar refractivity (Wildman–Crippen MR) is 78.4 cm³/mol. The number of nitrogens with one attached hydrogen (secondary N) is 1. The van der Waals surface area contributed by atoms with Crippen molar-refractivity contribution in [2.75, 3.05) is 6.54 Å². The lowest BCUT2D eigenvalue weighted by Gasteiger charge is -2.09. The van der Waals surface area contributed by atoms with E-state index in [0.717, 1.165) is 6.42 Å². The van der Waals surface area contributed by atoms with Gasteiger partial charge in [-0.05, 0) is 41.9 Å². The van der Waals surface area contributed by atoms with Crippen LogP contribution in [0.15, 0.2) is 11.1 Å². The van der Waals surface area contributed by atoms with E-state index in [1.165, 1.54) is 10.9 Å². The average molecular weight is 363 g/mol. The van der Waals surface area contributed by atoms with Crippen LogP contribution in [-0.2, 0) is 11.3 Å². The summed E-state index contributed by atoms with van der Waals surface area (Å²) in [7, 11) is 0. The molecule has 0 aliphatic heterocycles. The number of nitrogens with zero attached hydrogens (tertiary/aromatic N) is 2. The fraction of sp³-hybridized carbons (Fsp3) is 0.583. The maximum Gasteiger partial charge on any atom is 0.267 e. The van der Waals surface area contributed by atoms with Gasteiger partial charge in [0.2, 0.25) is 5.91 Å². The zero-order valence-corrected chi connectivity index (χ0v) is 13.0. The molecule has 1 rings (SSSR count). The molecule has 0 aliphatic rings. The largest absolute Gasteiger partial charge is 0.355 e. The molecule has 0 aliphatic carbocycles. The van der Waals surface area contributed by atoms with Crippen molar-refractivity contribution in [3.8, 4) is 0 Å². The van der Waals surface area contributed by atoms with Gasteiger partial charge in [-0.3, -0.25) is 14.2 Å². The third-order valence-electron chi connectivity index (χ3n) is 2.51. The highest BCUT2D eigenvalue weighted by Crippen LogP contribution is 2.01. The summed E-state index contributed by atoms with van der Waals surface area (Å²) in [6.07, 6.45) is 2.35. The number of amides is 1. The molecule has 100 valence electrons. The summed E-state index contributed by atoms with van der Waals surface area (Å²) in [5.74, 6) is 0.397. The highest BCUT2D eigenvalue weighted by Gasteiger charge is 2.08. The van der Waals surface area contributed by atoms with Crippen LogP contribution in [0, 0.1) is 16.4 Å². The maximum absolute atomic E-state index is 11.8. The molecule has 1 heterocycles. The van der Waals surface area contributed by atoms with Gasteiger partial charge in [0.25, 0.3) is 5.56 Å². The van der Waals surface area contributed by atoms with Gasteiger partial charge in [-0.15, -0.1) is 0 Å². The molecular formula is C12H18IN3O2. The Morgan fingerprint density at radius 2 is 2.22 bits per heavy atom. The first kappa shape index (κ1) is 15.1. The molecule has 6 heteroatoms. The summed E-state index contributed by atoms with van der Waals surface area (Å²) in [4.78, 5) is 27.6. The molecule has 0 unspecified atom stereocenters. The molecule has 1 amide bonds. The third kappa shape index (κ3) is 4.40. The molecule has 1 N–H and O–H groups in total. The Kier molecular flexibility index (Phi) is 5.77. The van der Waals surface area contributed by atoms with Crippen molar-refractivity contribution in [1.82, 2.24) is 14.9 Å². The minimum atomic E-state index is -0.165. The molecule has 0 radical (unpaired) electrons. The Morgan fingerprint density at radius 1 is 1.56 bits per heavy atom. The summed E-state index contributed by atoms with van der Waals surface area (Å²) in [6, 6.07) is 0. The van der Waals surface area contributed by atoms with Gasteiger partial charge in [-0.1, -0.05) is 13.8 Å². The van der Waals surface area contributed by atoms with Gasteiger partial charge in [-0.2, -0.15) is 0 Å². The topological polar surface area (TPSA) is 64.0 Å². The fourth-order valence-electron chi connectivity index (χ4n) is 1.37. The second-order valence-corrected chi connectivity index (χ2v) is 5.69. The first-order valence-corrected chi connectivity index (χ1v) is 6.98. The lowest BCUT2D eigenvalue weighted by molar-refractivity contribution is -0.121. The van der Waals surface area contributed by atoms with Crippen LogP contribution in [0.25, 0.3) is 0 Å². The van der Waals surface area contributed by atoms with Crippen LogP contribution in [0.3, 0.4) is 0 Å². The number of rotatable bonds is 5. The summed E-state index contributed by atoms with van der Waals surface area (Å²) < 4.78 is 1.89. The van der Waals surface area contributed by atoms with Crippen LogP contribution in [0.2, 0.25) is 0 Å². The minimum Gasteiger partial charge on any atom is -0.355 e. The van der Waals surface area contributed by atoms with Gasteiger partial charge in [-0.25, -0.2) is 4.98 Å². The molecule has 5 nitrogen and oxygen atoms in total. The van der Waals surface area contributed by atoms with E-state index in [0.29, 0.717) is 21.7 Å². The lowest BCUT2D eigenvalue weighted by atomic mass is 10.1. The maximum atomic E-state index is 11.8. The van der Waals surface area contributed by atoms with Gasteiger partial charge < -0.3 is 5.32 Å². The van der Waals surface area contributed by atoms with Crippen LogP contribution in [-0.4, -0.2) is 22.0 Å². The van der Waals surface area contributed by atoms with E-state index < -0.39 is 0 Å². The standard InChI is InChI=1S/C12H18IN3O2/c1-8(2)4-5-14-10(17)6-16-7-15-9(3)11(13)12(16)18/h7-8H,4-6H2,1-3H3,(H,14,17). The third-order valence-corrected chi connectivity index (χ3v) is 3.76. The van der Waals surface area contributed by atoms with Gasteiger partial charge in [0, 0.05) is 6.54 Å². The van der Waals surface area contributed by atoms with Gasteiger partial charge >= 0.3 is 0 Å². The molecule has 0 fully saturated rings. The van der Waals surface area contributed by atoms with Crippen LogP contribution in [0.1, 0.15) is 26.0 Å². The first-order chi connectivity index (χ1) is 8.41. The molecule has 0 spiro atoms. The highest BCUT2D eigenvalue weighted by molar-refractivity contribution is 14.1. The molecule has 0 saturated heterocycles. The molecular weight excluding hydrogens is 345 g/mol. The first-order valence-electron chi connectivity index (χ1n) is 5.90. The van der Waals surface area contributed by atoms with E-state index in [1.54, 1.807) is 6.92 Å². The monoisotopic (exact) mass is 363 g/mol. The molecule has 0 saturated carbocycles. The Morgan fingerprint density at radius 3 is 2.83 bits per heavy atom. The molecule has 18 heavy (non-hydrogen) atoms. The Labute approximate surface area is 120 Å². The van der Waals surface area contributed by atoms with E-state index >= 15 is 0 Å². The number of aromatic nitrogens is 2. The fourth-order valence-corrected chi connectivity index (χ4v) is 1.82.